The largest absolute Gasteiger partial charge is 0.514 e. The van der Waals surface area contributed by atoms with Crippen molar-refractivity contribution in [1.29, 1.82) is 0 Å². The number of methoxy groups -OCH3 is 1. The minimum Gasteiger partial charge on any atom is -0.437 e. The lowest BCUT2D eigenvalue weighted by Crippen LogP contribution is -2.17. The third-order valence-electron chi connectivity index (χ3n) is 1.27. The Labute approximate surface area is 72.7 Å². The van der Waals surface area contributed by atoms with Crippen LogP contribution in [0.4, 0.5) is 4.79 Å². The van der Waals surface area contributed by atoms with E-state index in [2.05, 4.69) is 25.7 Å². The maximum atomic E-state index is 10.6. The highest BCUT2D eigenvalue weighted by atomic mass is 79.9. The summed E-state index contributed by atoms with van der Waals surface area (Å²) >= 11 is 3.30. The second kappa shape index (κ2) is 3.71. The highest BCUT2D eigenvalue weighted by molar-refractivity contribution is 9.10. The summed E-state index contributed by atoms with van der Waals surface area (Å²) in [6.45, 7) is 0.697. The molecule has 0 bridgehead atoms. The van der Waals surface area contributed by atoms with Crippen molar-refractivity contribution in [2.24, 2.45) is 4.99 Å². The van der Waals surface area contributed by atoms with E-state index < -0.39 is 6.16 Å². The number of hydrogen-bond acceptors (Lipinski definition) is 4. The van der Waals surface area contributed by atoms with Gasteiger partial charge in [-0.1, -0.05) is 15.9 Å². The van der Waals surface area contributed by atoms with Gasteiger partial charge in [-0.3, -0.25) is 4.99 Å². The maximum Gasteiger partial charge on any atom is 0.514 e. The quantitative estimate of drug-likeness (QED) is 0.459. The SMILES string of the molecule is COC(=O)OC1=NCCC1Br. The normalized spacial score (nSPS) is 22.7. The number of halogens is 1. The molecule has 0 spiro atoms. The third kappa shape index (κ3) is 2.18. The second-order valence-electron chi connectivity index (χ2n) is 2.03. The molecule has 0 radical (unpaired) electrons. The van der Waals surface area contributed by atoms with Crippen LogP contribution in [0.5, 0.6) is 0 Å². The van der Waals surface area contributed by atoms with E-state index in [9.17, 15) is 4.79 Å². The molecule has 11 heavy (non-hydrogen) atoms. The molecule has 0 saturated carbocycles. The van der Waals surface area contributed by atoms with E-state index >= 15 is 0 Å². The number of nitrogens with zero attached hydrogens (tertiary/aromatic N) is 1. The van der Waals surface area contributed by atoms with Crippen molar-refractivity contribution in [3.63, 3.8) is 0 Å². The van der Waals surface area contributed by atoms with Crippen molar-refractivity contribution >= 4 is 28.0 Å². The van der Waals surface area contributed by atoms with E-state index in [1.165, 1.54) is 7.11 Å². The fourth-order valence-electron chi connectivity index (χ4n) is 0.734. The van der Waals surface area contributed by atoms with Gasteiger partial charge < -0.3 is 9.47 Å². The summed E-state index contributed by atoms with van der Waals surface area (Å²) in [6.07, 6.45) is 0.155. The zero-order chi connectivity index (χ0) is 8.27. The molecule has 1 unspecified atom stereocenters. The van der Waals surface area contributed by atoms with Gasteiger partial charge in [-0.05, 0) is 6.42 Å². The van der Waals surface area contributed by atoms with Gasteiger partial charge in [-0.25, -0.2) is 4.79 Å². The van der Waals surface area contributed by atoms with Crippen LogP contribution < -0.4 is 0 Å². The van der Waals surface area contributed by atoms with E-state index in [0.717, 1.165) is 6.42 Å². The van der Waals surface area contributed by atoms with E-state index in [4.69, 9.17) is 4.74 Å². The molecule has 1 heterocycles. The van der Waals surface area contributed by atoms with Gasteiger partial charge in [-0.2, -0.15) is 0 Å². The first-order valence-corrected chi connectivity index (χ1v) is 4.10. The molecule has 0 saturated heterocycles. The number of carbonyl (C=O) groups is 1. The first-order valence-electron chi connectivity index (χ1n) is 3.18. The molecule has 4 nitrogen and oxygen atoms in total. The predicted molar refractivity (Wildman–Crippen MR) is 43.1 cm³/mol. The number of hydrogen-bond donors (Lipinski definition) is 0. The lowest BCUT2D eigenvalue weighted by molar-refractivity contribution is 0.117. The van der Waals surface area contributed by atoms with Crippen LogP contribution in [0.3, 0.4) is 0 Å². The minimum atomic E-state index is -0.713. The number of ether oxygens (including phenoxy) is 2. The fourth-order valence-corrected chi connectivity index (χ4v) is 1.18. The average molecular weight is 222 g/mol. The lowest BCUT2D eigenvalue weighted by atomic mass is 10.4. The monoisotopic (exact) mass is 221 g/mol. The molecule has 0 aromatic heterocycles. The van der Waals surface area contributed by atoms with Crippen LogP contribution in [0.15, 0.2) is 4.99 Å². The van der Waals surface area contributed by atoms with E-state index in [1.807, 2.05) is 0 Å². The molecular formula is C6H8BrNO3. The number of rotatable bonds is 0. The summed E-state index contributed by atoms with van der Waals surface area (Å²) in [6, 6.07) is 0. The van der Waals surface area contributed by atoms with Gasteiger partial charge in [-0.15, -0.1) is 0 Å². The molecule has 1 rings (SSSR count). The van der Waals surface area contributed by atoms with Gasteiger partial charge in [0.25, 0.3) is 0 Å². The molecule has 0 aromatic rings. The Bertz CT molecular complexity index is 192. The first kappa shape index (κ1) is 8.52. The third-order valence-corrected chi connectivity index (χ3v) is 2.12. The summed E-state index contributed by atoms with van der Waals surface area (Å²) < 4.78 is 9.01. The van der Waals surface area contributed by atoms with Crippen molar-refractivity contribution in [3.05, 3.63) is 0 Å². The predicted octanol–water partition coefficient (Wildman–Crippen LogP) is 1.34. The molecular weight excluding hydrogens is 214 g/mol. The Morgan fingerprint density at radius 2 is 2.55 bits per heavy atom. The molecule has 1 aliphatic heterocycles. The Morgan fingerprint density at radius 3 is 3.00 bits per heavy atom. The average Bonchev–Trinajstić information content (AvgIpc) is 2.37. The van der Waals surface area contributed by atoms with Crippen molar-refractivity contribution in [2.45, 2.75) is 11.2 Å². The van der Waals surface area contributed by atoms with Gasteiger partial charge in [0.2, 0.25) is 5.90 Å². The zero-order valence-electron chi connectivity index (χ0n) is 6.04. The summed E-state index contributed by atoms with van der Waals surface area (Å²) in [4.78, 5) is 14.6. The Balaban J connectivity index is 2.42. The van der Waals surface area contributed by atoms with Crippen LogP contribution >= 0.6 is 15.9 Å². The number of aliphatic imine (C=N–C) groups is 1. The molecule has 5 heteroatoms. The maximum absolute atomic E-state index is 10.6. The molecule has 1 aliphatic rings. The van der Waals surface area contributed by atoms with Crippen molar-refractivity contribution in [3.8, 4) is 0 Å². The van der Waals surface area contributed by atoms with Gasteiger partial charge in [0.1, 0.15) is 0 Å². The summed E-state index contributed by atoms with van der Waals surface area (Å²) in [5, 5.41) is 0. The number of carbonyl (C=O) groups excluding carboxylic acids is 1. The Morgan fingerprint density at radius 1 is 1.82 bits per heavy atom. The van der Waals surface area contributed by atoms with Gasteiger partial charge >= 0.3 is 6.16 Å². The lowest BCUT2D eigenvalue weighted by Gasteiger charge is -2.03. The fraction of sp³-hybridized carbons (Fsp3) is 0.667. The van der Waals surface area contributed by atoms with Crippen molar-refractivity contribution < 1.29 is 14.3 Å². The molecule has 0 fully saturated rings. The van der Waals surface area contributed by atoms with Crippen LogP contribution in [0.2, 0.25) is 0 Å². The smallest absolute Gasteiger partial charge is 0.437 e. The minimum absolute atomic E-state index is 0.0570. The standard InChI is InChI=1S/C6H8BrNO3/c1-10-6(9)11-5-4(7)2-3-8-5/h4H,2-3H2,1H3. The van der Waals surface area contributed by atoms with E-state index in [0.29, 0.717) is 12.4 Å². The highest BCUT2D eigenvalue weighted by Crippen LogP contribution is 2.15. The second-order valence-corrected chi connectivity index (χ2v) is 3.14. The number of alkyl halides is 1. The summed E-state index contributed by atoms with van der Waals surface area (Å²) in [5.74, 6) is 0.414. The van der Waals surface area contributed by atoms with Crippen molar-refractivity contribution in [2.75, 3.05) is 13.7 Å². The molecule has 0 aliphatic carbocycles. The molecule has 0 amide bonds. The topological polar surface area (TPSA) is 47.9 Å². The van der Waals surface area contributed by atoms with Crippen LogP contribution in [0.25, 0.3) is 0 Å². The van der Waals surface area contributed by atoms with Gasteiger partial charge in [0, 0.05) is 6.54 Å². The molecule has 62 valence electrons. The summed E-state index contributed by atoms with van der Waals surface area (Å²) in [5.41, 5.74) is 0. The zero-order valence-corrected chi connectivity index (χ0v) is 7.63. The van der Waals surface area contributed by atoms with Crippen LogP contribution in [0.1, 0.15) is 6.42 Å². The Hall–Kier alpha value is -0.580. The highest BCUT2D eigenvalue weighted by Gasteiger charge is 2.22. The first-order chi connectivity index (χ1) is 5.24. The van der Waals surface area contributed by atoms with Crippen LogP contribution in [-0.4, -0.2) is 30.5 Å². The van der Waals surface area contributed by atoms with Crippen LogP contribution in [-0.2, 0) is 9.47 Å². The molecule has 0 aromatic carbocycles. The van der Waals surface area contributed by atoms with E-state index in [-0.39, 0.29) is 4.83 Å². The van der Waals surface area contributed by atoms with Gasteiger partial charge in [0.05, 0.1) is 11.9 Å². The van der Waals surface area contributed by atoms with Crippen molar-refractivity contribution in [1.82, 2.24) is 0 Å². The molecule has 0 N–H and O–H groups in total. The summed E-state index contributed by atoms with van der Waals surface area (Å²) in [7, 11) is 1.26. The van der Waals surface area contributed by atoms with E-state index in [1.54, 1.807) is 0 Å². The Kier molecular flexibility index (Phi) is 2.87. The van der Waals surface area contributed by atoms with Gasteiger partial charge in [0.15, 0.2) is 0 Å². The molecule has 1 atom stereocenters. The van der Waals surface area contributed by atoms with Crippen LogP contribution in [0, 0.1) is 0 Å².